The summed E-state index contributed by atoms with van der Waals surface area (Å²) in [6.45, 7) is 10.3. The number of carbonyl (C=O) groups excluding carboxylic acids is 2. The molecule has 2 aromatic rings. The lowest BCUT2D eigenvalue weighted by Gasteiger charge is -2.40. The highest BCUT2D eigenvalue weighted by Crippen LogP contribution is 2.66. The SMILES string of the molecule is CC1(C)C2CCC1(C)C(OC(=O)N[C@](C)(Cc1c[nH]c3ccccc13)C(=O)N1CCC[C@@]1(C)C(=O)O)C2. The average molecular weight is 510 g/mol. The maximum Gasteiger partial charge on any atom is 0.408 e. The van der Waals surface area contributed by atoms with E-state index in [1.54, 1.807) is 13.8 Å². The number of H-pyrrole nitrogens is 1. The van der Waals surface area contributed by atoms with Gasteiger partial charge in [-0.2, -0.15) is 0 Å². The number of hydrogen-bond acceptors (Lipinski definition) is 4. The van der Waals surface area contributed by atoms with E-state index >= 15 is 0 Å². The zero-order chi connectivity index (χ0) is 26.8. The van der Waals surface area contributed by atoms with Gasteiger partial charge in [0, 0.05) is 35.5 Å². The number of ether oxygens (including phenoxy) is 1. The van der Waals surface area contributed by atoms with Crippen LogP contribution in [0.15, 0.2) is 30.5 Å². The van der Waals surface area contributed by atoms with Crippen molar-refractivity contribution in [3.05, 3.63) is 36.0 Å². The van der Waals surface area contributed by atoms with Crippen molar-refractivity contribution in [2.24, 2.45) is 16.7 Å². The Morgan fingerprint density at radius 2 is 1.92 bits per heavy atom. The van der Waals surface area contributed by atoms with E-state index in [1.807, 2.05) is 30.5 Å². The van der Waals surface area contributed by atoms with Gasteiger partial charge in [0.05, 0.1) is 0 Å². The largest absolute Gasteiger partial charge is 0.480 e. The molecule has 3 N–H and O–H groups in total. The zero-order valence-corrected chi connectivity index (χ0v) is 22.5. The Kier molecular flexibility index (Phi) is 5.88. The van der Waals surface area contributed by atoms with Gasteiger partial charge in [0.1, 0.15) is 17.2 Å². The molecular formula is C29H39N3O5. The van der Waals surface area contributed by atoms with Crippen molar-refractivity contribution in [3.63, 3.8) is 0 Å². The maximum absolute atomic E-state index is 14.1. The van der Waals surface area contributed by atoms with Gasteiger partial charge in [-0.1, -0.05) is 39.0 Å². The lowest BCUT2D eigenvalue weighted by Crippen LogP contribution is -2.64. The van der Waals surface area contributed by atoms with Crippen LogP contribution in [0.2, 0.25) is 0 Å². The van der Waals surface area contributed by atoms with Crippen LogP contribution in [0.1, 0.15) is 72.3 Å². The third-order valence-corrected chi connectivity index (χ3v) is 10.4. The average Bonchev–Trinajstić information content (AvgIpc) is 3.53. The monoisotopic (exact) mass is 509 g/mol. The summed E-state index contributed by atoms with van der Waals surface area (Å²) in [6, 6.07) is 7.79. The van der Waals surface area contributed by atoms with Crippen LogP contribution in [-0.4, -0.2) is 56.7 Å². The predicted molar refractivity (Wildman–Crippen MR) is 140 cm³/mol. The fourth-order valence-electron chi connectivity index (χ4n) is 7.33. The van der Waals surface area contributed by atoms with Crippen LogP contribution >= 0.6 is 0 Å². The van der Waals surface area contributed by atoms with Crippen molar-refractivity contribution < 1.29 is 24.2 Å². The number of fused-ring (bicyclic) bond motifs is 3. The number of aromatic nitrogens is 1. The molecule has 3 aliphatic rings. The fourth-order valence-corrected chi connectivity index (χ4v) is 7.33. The third kappa shape index (κ3) is 3.82. The molecule has 37 heavy (non-hydrogen) atoms. The highest BCUT2D eigenvalue weighted by molar-refractivity contribution is 5.95. The number of nitrogens with zero attached hydrogens (tertiary/aromatic N) is 1. The summed E-state index contributed by atoms with van der Waals surface area (Å²) >= 11 is 0. The summed E-state index contributed by atoms with van der Waals surface area (Å²) in [5.74, 6) is -0.931. The van der Waals surface area contributed by atoms with Crippen LogP contribution < -0.4 is 5.32 Å². The minimum Gasteiger partial charge on any atom is -0.480 e. The molecule has 0 radical (unpaired) electrons. The molecule has 8 heteroatoms. The second-order valence-electron chi connectivity index (χ2n) is 12.6. The van der Waals surface area contributed by atoms with E-state index in [0.29, 0.717) is 25.3 Å². The Labute approximate surface area is 218 Å². The zero-order valence-electron chi connectivity index (χ0n) is 22.5. The molecule has 200 valence electrons. The number of aliphatic carboxylic acids is 1. The Morgan fingerprint density at radius 1 is 1.19 bits per heavy atom. The normalized spacial score (nSPS) is 31.9. The minimum absolute atomic E-state index is 0.0833. The molecule has 5 atom stereocenters. The molecule has 2 aliphatic carbocycles. The maximum atomic E-state index is 14.1. The Hall–Kier alpha value is -3.03. The molecule has 1 aromatic heterocycles. The quantitative estimate of drug-likeness (QED) is 0.514. The highest BCUT2D eigenvalue weighted by Gasteiger charge is 2.63. The van der Waals surface area contributed by atoms with Crippen LogP contribution in [0, 0.1) is 16.7 Å². The van der Waals surface area contributed by atoms with E-state index in [4.69, 9.17) is 4.74 Å². The van der Waals surface area contributed by atoms with E-state index in [1.165, 1.54) is 4.90 Å². The molecule has 2 heterocycles. The Bertz CT molecular complexity index is 1250. The third-order valence-electron chi connectivity index (χ3n) is 10.4. The predicted octanol–water partition coefficient (Wildman–Crippen LogP) is 4.88. The molecule has 0 spiro atoms. The lowest BCUT2D eigenvalue weighted by atomic mass is 9.70. The van der Waals surface area contributed by atoms with E-state index in [-0.39, 0.29) is 23.4 Å². The van der Waals surface area contributed by atoms with Gasteiger partial charge < -0.3 is 25.0 Å². The van der Waals surface area contributed by atoms with E-state index in [2.05, 4.69) is 31.1 Å². The van der Waals surface area contributed by atoms with Crippen molar-refractivity contribution in [2.45, 2.75) is 90.3 Å². The summed E-state index contributed by atoms with van der Waals surface area (Å²) in [4.78, 5) is 44.3. The number of carboxylic acids is 1. The highest BCUT2D eigenvalue weighted by atomic mass is 16.6. The number of nitrogens with one attached hydrogen (secondary N) is 2. The van der Waals surface area contributed by atoms with Crippen molar-refractivity contribution in [1.29, 1.82) is 0 Å². The lowest BCUT2D eigenvalue weighted by molar-refractivity contribution is -0.157. The number of carboxylic acid groups (broad SMARTS) is 1. The first-order valence-electron chi connectivity index (χ1n) is 13.4. The van der Waals surface area contributed by atoms with Gasteiger partial charge in [-0.15, -0.1) is 0 Å². The van der Waals surface area contributed by atoms with Crippen molar-refractivity contribution in [3.8, 4) is 0 Å². The van der Waals surface area contributed by atoms with E-state index in [9.17, 15) is 19.5 Å². The molecular weight excluding hydrogens is 470 g/mol. The number of hydrogen-bond donors (Lipinski definition) is 3. The van der Waals surface area contributed by atoms with Crippen molar-refractivity contribution >= 4 is 28.9 Å². The van der Waals surface area contributed by atoms with Gasteiger partial charge in [-0.25, -0.2) is 9.59 Å². The topological polar surface area (TPSA) is 112 Å². The van der Waals surface area contributed by atoms with Gasteiger partial charge in [0.15, 0.2) is 0 Å². The summed E-state index contributed by atoms with van der Waals surface area (Å²) < 4.78 is 6.05. The number of aromatic amines is 1. The first-order chi connectivity index (χ1) is 17.3. The number of para-hydroxylation sites is 1. The number of rotatable bonds is 6. The van der Waals surface area contributed by atoms with Crippen molar-refractivity contribution in [2.75, 3.05) is 6.54 Å². The minimum atomic E-state index is -1.39. The van der Waals surface area contributed by atoms with Gasteiger partial charge >= 0.3 is 12.1 Å². The first-order valence-corrected chi connectivity index (χ1v) is 13.4. The van der Waals surface area contributed by atoms with Gasteiger partial charge in [-0.05, 0) is 68.9 Å². The molecule has 3 unspecified atom stereocenters. The standard InChI is InChI=1S/C29H39N3O5/c1-26(2)19-11-13-27(26,3)22(15-19)37-25(36)31-28(4,16-18-17-30-21-10-7-6-9-20(18)21)23(33)32-14-8-12-29(32,5)24(34)35/h6-7,9-10,17,19,22,30H,8,11-16H2,1-5H3,(H,31,36)(H,34,35)/t19?,22?,27?,28-,29+/m1/s1. The van der Waals surface area contributed by atoms with Gasteiger partial charge in [0.25, 0.3) is 0 Å². The first kappa shape index (κ1) is 25.6. The molecule has 3 fully saturated rings. The summed E-state index contributed by atoms with van der Waals surface area (Å²) in [6.07, 6.45) is 5.16. The smallest absolute Gasteiger partial charge is 0.408 e. The van der Waals surface area contributed by atoms with Gasteiger partial charge in [0.2, 0.25) is 5.91 Å². The molecule has 1 saturated heterocycles. The number of benzene rings is 1. The van der Waals surface area contributed by atoms with Crippen LogP contribution in [0.3, 0.4) is 0 Å². The summed E-state index contributed by atoms with van der Waals surface area (Å²) in [5, 5.41) is 13.8. The fraction of sp³-hybridized carbons (Fsp3) is 0.621. The van der Waals surface area contributed by atoms with Crippen LogP contribution in [0.4, 0.5) is 4.79 Å². The van der Waals surface area contributed by atoms with Crippen LogP contribution in [-0.2, 0) is 20.7 Å². The number of amides is 2. The molecule has 8 nitrogen and oxygen atoms in total. The molecule has 5 rings (SSSR count). The van der Waals surface area contributed by atoms with Crippen LogP contribution in [0.5, 0.6) is 0 Å². The van der Waals surface area contributed by atoms with Crippen molar-refractivity contribution in [1.82, 2.24) is 15.2 Å². The number of carbonyl (C=O) groups is 3. The number of alkyl carbamates (subject to hydrolysis) is 1. The Morgan fingerprint density at radius 3 is 2.57 bits per heavy atom. The number of likely N-dealkylation sites (tertiary alicyclic amines) is 1. The van der Waals surface area contributed by atoms with Crippen LogP contribution in [0.25, 0.3) is 10.9 Å². The van der Waals surface area contributed by atoms with E-state index in [0.717, 1.165) is 35.7 Å². The second-order valence-corrected chi connectivity index (χ2v) is 12.6. The molecule has 2 saturated carbocycles. The van der Waals surface area contributed by atoms with E-state index < -0.39 is 29.0 Å². The summed E-state index contributed by atoms with van der Waals surface area (Å²) in [5.41, 5.74) is -0.925. The second kappa shape index (κ2) is 8.50. The summed E-state index contributed by atoms with van der Waals surface area (Å²) in [7, 11) is 0. The molecule has 1 aromatic carbocycles. The molecule has 1 aliphatic heterocycles. The van der Waals surface area contributed by atoms with Gasteiger partial charge in [-0.3, -0.25) is 4.79 Å². The molecule has 2 amide bonds. The molecule has 2 bridgehead atoms. The Balaban J connectivity index is 1.44.